The Morgan fingerprint density at radius 2 is 1.59 bits per heavy atom. The van der Waals surface area contributed by atoms with Gasteiger partial charge in [0, 0.05) is 46.8 Å². The number of amides is 2. The van der Waals surface area contributed by atoms with Crippen LogP contribution in [0.5, 0.6) is 0 Å². The second-order valence-corrected chi connectivity index (χ2v) is 22.8. The molecular formula is C50H72ClN3O7. The van der Waals surface area contributed by atoms with Gasteiger partial charge in [-0.05, 0) is 146 Å². The number of carboxylic acid groups (broad SMARTS) is 1. The number of fused-ring (bicyclic) bond motifs is 7. The van der Waals surface area contributed by atoms with Crippen molar-refractivity contribution in [2.45, 2.75) is 151 Å². The maximum Gasteiger partial charge on any atom is 0.309 e. The highest BCUT2D eigenvalue weighted by atomic mass is 35.5. The summed E-state index contributed by atoms with van der Waals surface area (Å²) in [6.07, 6.45) is 8.10. The van der Waals surface area contributed by atoms with Crippen molar-refractivity contribution in [1.82, 2.24) is 10.6 Å². The number of ether oxygens (including phenoxy) is 1. The average molecular weight is 864 g/mol. The highest BCUT2D eigenvalue weighted by molar-refractivity contribution is 6.30. The van der Waals surface area contributed by atoms with Crippen LogP contribution in [0.25, 0.3) is 0 Å². The lowest BCUT2D eigenvalue weighted by Crippen LogP contribution is -2.66. The maximum atomic E-state index is 14.2. The Hall–Kier alpha value is -3.24. The van der Waals surface area contributed by atoms with Crippen LogP contribution in [0.1, 0.15) is 151 Å². The molecule has 0 radical (unpaired) electrons. The number of allylic oxidation sites excluding steroid dienone is 2. The molecule has 11 atom stereocenters. The number of nitrogens with one attached hydrogen (secondary N) is 2. The molecule has 11 heteroatoms. The van der Waals surface area contributed by atoms with E-state index < -0.39 is 40.6 Å². The number of rotatable bonds is 12. The van der Waals surface area contributed by atoms with Crippen molar-refractivity contribution in [1.29, 1.82) is 0 Å². The first-order valence-corrected chi connectivity index (χ1v) is 23.4. The number of carboxylic acids is 1. The van der Waals surface area contributed by atoms with Crippen molar-refractivity contribution < 1.29 is 35.2 Å². The third-order valence-corrected chi connectivity index (χ3v) is 18.7. The predicted octanol–water partition coefficient (Wildman–Crippen LogP) is 8.93. The van der Waals surface area contributed by atoms with Gasteiger partial charge in [-0.3, -0.25) is 24.0 Å². The van der Waals surface area contributed by atoms with Crippen LogP contribution in [0.2, 0.25) is 5.02 Å². The molecule has 61 heavy (non-hydrogen) atoms. The zero-order valence-electron chi connectivity index (χ0n) is 39.1. The fourth-order valence-corrected chi connectivity index (χ4v) is 15.0. The summed E-state index contributed by atoms with van der Waals surface area (Å²) in [5.74, 6) is -1.62. The lowest BCUT2D eigenvalue weighted by atomic mass is 9.33. The van der Waals surface area contributed by atoms with Crippen LogP contribution in [0.15, 0.2) is 35.4 Å². The molecule has 0 saturated heterocycles. The van der Waals surface area contributed by atoms with Gasteiger partial charge in [-0.15, -0.1) is 0 Å². The van der Waals surface area contributed by atoms with E-state index in [-0.39, 0.29) is 83.2 Å². The number of hydrogen-bond acceptors (Lipinski definition) is 7. The number of carbonyl (C=O) groups excluding carboxylic acids is 4. The van der Waals surface area contributed by atoms with Crippen molar-refractivity contribution in [3.05, 3.63) is 46.0 Å². The molecule has 6 aliphatic carbocycles. The molecule has 0 aliphatic heterocycles. The Morgan fingerprint density at radius 1 is 0.902 bits per heavy atom. The number of esters is 1. The topological polar surface area (TPSA) is 165 Å². The van der Waals surface area contributed by atoms with Crippen LogP contribution in [0.3, 0.4) is 0 Å². The minimum absolute atomic E-state index is 0.0158. The molecule has 0 bridgehead atoms. The lowest BCUT2D eigenvalue weighted by Gasteiger charge is -2.72. The molecule has 1 aromatic carbocycles. The van der Waals surface area contributed by atoms with E-state index in [1.54, 1.807) is 24.3 Å². The number of hydrogen-bond donors (Lipinski definition) is 4. The van der Waals surface area contributed by atoms with Gasteiger partial charge in [0.15, 0.2) is 5.78 Å². The van der Waals surface area contributed by atoms with Crippen LogP contribution in [0, 0.1) is 68.0 Å². The van der Waals surface area contributed by atoms with Crippen molar-refractivity contribution in [2.24, 2.45) is 73.7 Å². The highest BCUT2D eigenvalue weighted by Gasteiger charge is 2.70. The second kappa shape index (κ2) is 16.1. The quantitative estimate of drug-likeness (QED) is 0.151. The maximum absolute atomic E-state index is 14.2. The van der Waals surface area contributed by atoms with Crippen LogP contribution < -0.4 is 16.4 Å². The minimum atomic E-state index is -1.53. The van der Waals surface area contributed by atoms with Gasteiger partial charge in [0.25, 0.3) is 5.91 Å². The summed E-state index contributed by atoms with van der Waals surface area (Å²) in [7, 11) is 0. The predicted molar refractivity (Wildman–Crippen MR) is 236 cm³/mol. The van der Waals surface area contributed by atoms with Crippen molar-refractivity contribution in [2.75, 3.05) is 13.1 Å². The Labute approximate surface area is 370 Å². The molecule has 2 amide bonds. The van der Waals surface area contributed by atoms with E-state index in [4.69, 9.17) is 23.4 Å². The third kappa shape index (κ3) is 7.39. The number of halogens is 1. The molecule has 336 valence electrons. The van der Waals surface area contributed by atoms with Gasteiger partial charge in [0.2, 0.25) is 5.91 Å². The SMILES string of the molecule is [2H]C(CCN)(CNC(=O)C[C@@]12CC[C@]3(C)[C@H](CC[C@@H]4[C@@]5(C)CC[C@H](OC(=O)[C@H]6C[C@@H](C(=O)O)C6(C)C)C(C)(C)[C@@H]5CC[C@]43C)C1=C(C(C)C)C(=O)C2)NC(=O)c1ccc(Cl)cc1. The molecule has 5 N–H and O–H groups in total. The number of Topliss-reactive ketones (excluding diaryl/α,β-unsaturated/α-hetero) is 1. The fourth-order valence-electron chi connectivity index (χ4n) is 14.9. The smallest absolute Gasteiger partial charge is 0.309 e. The number of aliphatic carboxylic acids is 1. The summed E-state index contributed by atoms with van der Waals surface area (Å²) in [5, 5.41) is 16.0. The van der Waals surface area contributed by atoms with Gasteiger partial charge in [0.1, 0.15) is 6.10 Å². The number of ketones is 1. The summed E-state index contributed by atoms with van der Waals surface area (Å²) in [4.78, 5) is 67.0. The first-order chi connectivity index (χ1) is 28.8. The minimum Gasteiger partial charge on any atom is -0.481 e. The fraction of sp³-hybridized carbons (Fsp3) is 0.740. The molecule has 1 unspecified atom stereocenters. The van der Waals surface area contributed by atoms with Crippen molar-refractivity contribution in [3.63, 3.8) is 0 Å². The summed E-state index contributed by atoms with van der Waals surface area (Å²) in [6, 6.07) is 4.88. The van der Waals surface area contributed by atoms with Gasteiger partial charge >= 0.3 is 11.9 Å². The molecule has 10 nitrogen and oxygen atoms in total. The number of benzene rings is 1. The number of carbonyl (C=O) groups is 5. The molecular weight excluding hydrogens is 790 g/mol. The third-order valence-electron chi connectivity index (χ3n) is 18.5. The van der Waals surface area contributed by atoms with E-state index in [1.165, 1.54) is 5.57 Å². The Kier molecular flexibility index (Phi) is 11.7. The zero-order valence-corrected chi connectivity index (χ0v) is 38.9. The summed E-state index contributed by atoms with van der Waals surface area (Å²) in [5.41, 5.74) is 6.79. The van der Waals surface area contributed by atoms with Crippen LogP contribution in [0.4, 0.5) is 0 Å². The van der Waals surface area contributed by atoms with E-state index in [2.05, 4.69) is 59.1 Å². The van der Waals surface area contributed by atoms with Crippen LogP contribution in [-0.4, -0.2) is 59.9 Å². The normalized spacial score (nSPS) is 38.4. The summed E-state index contributed by atoms with van der Waals surface area (Å²) < 4.78 is 15.5. The molecule has 0 spiro atoms. The molecule has 6 aliphatic rings. The molecule has 7 rings (SSSR count). The Bertz CT molecular complexity index is 2030. The van der Waals surface area contributed by atoms with Gasteiger partial charge in [0.05, 0.1) is 13.2 Å². The number of nitrogens with two attached hydrogens (primary N) is 1. The summed E-state index contributed by atoms with van der Waals surface area (Å²) >= 11 is 6.02. The van der Waals surface area contributed by atoms with Crippen LogP contribution >= 0.6 is 11.6 Å². The van der Waals surface area contributed by atoms with E-state index in [0.29, 0.717) is 35.3 Å². The lowest BCUT2D eigenvalue weighted by molar-refractivity contribution is -0.236. The summed E-state index contributed by atoms with van der Waals surface area (Å²) in [6.45, 7) is 20.1. The standard InChI is InChI=1S/C50H72ClN3O7/c1-28(2)40-35(55)25-50(26-39(56)53-27-31(18-23-52)54-42(57)29-10-12-30(51)13-11-29)22-21-48(8)32(41(40)50)14-15-37-47(7)19-17-38(46(5,6)36(47)16-20-49(37,48)9)61-44(60)34-24-33(43(58)59)45(34,3)4/h10-13,28,31-34,36-38H,14-27,52H2,1-9H3,(H,53,56)(H,54,57)(H,58,59)/t31?,32-,33+,34-,36+,37-,38+,47+,48-,49-,50+/m1/s1/i31D. The second-order valence-electron chi connectivity index (χ2n) is 22.3. The molecule has 5 fully saturated rings. The largest absolute Gasteiger partial charge is 0.481 e. The Morgan fingerprint density at radius 3 is 2.21 bits per heavy atom. The van der Waals surface area contributed by atoms with Crippen molar-refractivity contribution in [3.8, 4) is 0 Å². The molecule has 0 heterocycles. The molecule has 1 aromatic rings. The van der Waals surface area contributed by atoms with E-state index in [9.17, 15) is 29.1 Å². The van der Waals surface area contributed by atoms with Gasteiger partial charge < -0.3 is 26.2 Å². The van der Waals surface area contributed by atoms with Gasteiger partial charge in [-0.1, -0.05) is 79.5 Å². The molecule has 0 aromatic heterocycles. The van der Waals surface area contributed by atoms with Crippen LogP contribution in [-0.2, 0) is 23.9 Å². The first-order valence-electron chi connectivity index (χ1n) is 23.6. The first kappa shape index (κ1) is 44.4. The monoisotopic (exact) mass is 863 g/mol. The highest BCUT2D eigenvalue weighted by Crippen LogP contribution is 2.77. The molecule has 5 saturated carbocycles. The van der Waals surface area contributed by atoms with Gasteiger partial charge in [-0.25, -0.2) is 0 Å². The van der Waals surface area contributed by atoms with Gasteiger partial charge in [-0.2, -0.15) is 0 Å². The van der Waals surface area contributed by atoms with E-state index in [0.717, 1.165) is 56.9 Å². The Balaban J connectivity index is 1.09. The van der Waals surface area contributed by atoms with E-state index >= 15 is 0 Å². The average Bonchev–Trinajstić information content (AvgIpc) is 3.46. The zero-order chi connectivity index (χ0) is 45.6. The van der Waals surface area contributed by atoms with E-state index in [1.807, 2.05) is 13.8 Å². The van der Waals surface area contributed by atoms with Crippen molar-refractivity contribution >= 4 is 41.1 Å².